The molecule has 0 fully saturated rings. The van der Waals surface area contributed by atoms with Gasteiger partial charge in [0.2, 0.25) is 0 Å². The second kappa shape index (κ2) is 7.10. The van der Waals surface area contributed by atoms with E-state index in [1.165, 1.54) is 11.8 Å². The minimum atomic E-state index is -3.30. The highest BCUT2D eigenvalue weighted by Crippen LogP contribution is 2.36. The molecule has 156 valence electrons. The van der Waals surface area contributed by atoms with E-state index in [9.17, 15) is 8.42 Å². The largest absolute Gasteiger partial charge is 0.361 e. The number of hydrogen-bond acceptors (Lipinski definition) is 4. The first-order valence-electron chi connectivity index (χ1n) is 10.1. The topological polar surface area (TPSA) is 65.1 Å². The van der Waals surface area contributed by atoms with Crippen molar-refractivity contribution in [2.45, 2.75) is 25.3 Å². The van der Waals surface area contributed by atoms with Gasteiger partial charge in [0.15, 0.2) is 9.84 Å². The van der Waals surface area contributed by atoms with Crippen molar-refractivity contribution in [3.63, 3.8) is 0 Å². The Hall–Kier alpha value is -3.38. The number of sulfone groups is 1. The molecule has 0 atom stereocenters. The van der Waals surface area contributed by atoms with E-state index >= 15 is 0 Å². The van der Waals surface area contributed by atoms with Crippen molar-refractivity contribution in [3.8, 4) is 11.1 Å². The zero-order valence-corrected chi connectivity index (χ0v) is 18.4. The minimum absolute atomic E-state index is 0.327. The average Bonchev–Trinajstić information content (AvgIpc) is 3.24. The number of nitrogens with zero attached hydrogens (tertiary/aromatic N) is 2. The van der Waals surface area contributed by atoms with Crippen LogP contribution in [0.5, 0.6) is 0 Å². The third-order valence-corrected chi connectivity index (χ3v) is 6.88. The average molecular weight is 431 g/mol. The second-order valence-corrected chi connectivity index (χ2v) is 9.97. The normalized spacial score (nSPS) is 12.1. The lowest BCUT2D eigenvalue weighted by Gasteiger charge is -2.09. The quantitative estimate of drug-likeness (QED) is 0.377. The first-order chi connectivity index (χ1) is 14.8. The van der Waals surface area contributed by atoms with Gasteiger partial charge in [-0.25, -0.2) is 8.42 Å². The Kier molecular flexibility index (Phi) is 4.48. The number of hydrogen-bond donors (Lipinski definition) is 0. The number of aryl methyl sites for hydroxylation is 2. The molecule has 2 heterocycles. The third kappa shape index (κ3) is 3.33. The molecule has 31 heavy (non-hydrogen) atoms. The number of rotatable bonds is 4. The lowest BCUT2D eigenvalue weighted by molar-refractivity contribution is 0.393. The van der Waals surface area contributed by atoms with Crippen LogP contribution < -0.4 is 0 Å². The smallest absolute Gasteiger partial charge is 0.175 e. The summed E-state index contributed by atoms with van der Waals surface area (Å²) in [7, 11) is -3.30. The Morgan fingerprint density at radius 3 is 2.35 bits per heavy atom. The molecule has 3 aromatic carbocycles. The van der Waals surface area contributed by atoms with Gasteiger partial charge in [-0.05, 0) is 49.2 Å². The number of aromatic nitrogens is 2. The van der Waals surface area contributed by atoms with Gasteiger partial charge in [0.25, 0.3) is 0 Å². The number of benzene rings is 3. The molecule has 6 heteroatoms. The highest BCUT2D eigenvalue weighted by molar-refractivity contribution is 7.90. The van der Waals surface area contributed by atoms with Crippen LogP contribution in [0.1, 0.15) is 17.0 Å². The summed E-state index contributed by atoms with van der Waals surface area (Å²) < 4.78 is 32.0. The van der Waals surface area contributed by atoms with Crippen LogP contribution >= 0.6 is 0 Å². The van der Waals surface area contributed by atoms with E-state index in [4.69, 9.17) is 4.52 Å². The summed E-state index contributed by atoms with van der Waals surface area (Å²) >= 11 is 0. The summed E-state index contributed by atoms with van der Waals surface area (Å²) in [5, 5.41) is 6.05. The lowest BCUT2D eigenvalue weighted by Crippen LogP contribution is -2.00. The molecule has 0 unspecified atom stereocenters. The van der Waals surface area contributed by atoms with Gasteiger partial charge in [-0.2, -0.15) is 0 Å². The summed E-state index contributed by atoms with van der Waals surface area (Å²) in [5.41, 5.74) is 6.10. The Morgan fingerprint density at radius 2 is 1.68 bits per heavy atom. The highest BCUT2D eigenvalue weighted by Gasteiger charge is 2.18. The second-order valence-electron chi connectivity index (χ2n) is 7.95. The van der Waals surface area contributed by atoms with Crippen molar-refractivity contribution in [2.75, 3.05) is 6.26 Å². The molecule has 5 rings (SSSR count). The number of fused-ring (bicyclic) bond motifs is 3. The fourth-order valence-corrected chi connectivity index (χ4v) is 4.94. The van der Waals surface area contributed by atoms with Crippen molar-refractivity contribution in [2.24, 2.45) is 0 Å². The summed E-state index contributed by atoms with van der Waals surface area (Å²) in [4.78, 5) is 0.327. The van der Waals surface area contributed by atoms with E-state index in [-0.39, 0.29) is 0 Å². The van der Waals surface area contributed by atoms with Gasteiger partial charge in [0, 0.05) is 34.7 Å². The fourth-order valence-electron chi connectivity index (χ4n) is 4.30. The van der Waals surface area contributed by atoms with Gasteiger partial charge in [0.05, 0.1) is 16.1 Å². The zero-order chi connectivity index (χ0) is 21.8. The molecule has 0 saturated heterocycles. The van der Waals surface area contributed by atoms with E-state index in [0.717, 1.165) is 44.4 Å². The molecule has 0 N–H and O–H groups in total. The van der Waals surface area contributed by atoms with Gasteiger partial charge < -0.3 is 9.09 Å². The van der Waals surface area contributed by atoms with Crippen molar-refractivity contribution in [1.82, 2.24) is 9.72 Å². The third-order valence-electron chi connectivity index (χ3n) is 5.77. The summed E-state index contributed by atoms with van der Waals surface area (Å²) in [6.45, 7) is 4.54. The summed E-state index contributed by atoms with van der Waals surface area (Å²) in [6.07, 6.45) is 1.24. The van der Waals surface area contributed by atoms with E-state index < -0.39 is 9.84 Å². The Labute approximate surface area is 180 Å². The highest BCUT2D eigenvalue weighted by atomic mass is 32.2. The van der Waals surface area contributed by atoms with E-state index in [1.54, 1.807) is 12.1 Å². The predicted molar refractivity (Wildman–Crippen MR) is 123 cm³/mol. The monoisotopic (exact) mass is 430 g/mol. The molecule has 0 aliphatic rings. The van der Waals surface area contributed by atoms with Crippen LogP contribution in [-0.4, -0.2) is 24.4 Å². The van der Waals surface area contributed by atoms with Gasteiger partial charge in [-0.1, -0.05) is 47.6 Å². The van der Waals surface area contributed by atoms with Gasteiger partial charge in [-0.3, -0.25) is 0 Å². The molecule has 0 saturated carbocycles. The van der Waals surface area contributed by atoms with E-state index in [1.807, 2.05) is 44.2 Å². The van der Waals surface area contributed by atoms with E-state index in [2.05, 4.69) is 34.0 Å². The molecule has 0 spiro atoms. The Balaban J connectivity index is 1.82. The van der Waals surface area contributed by atoms with Gasteiger partial charge in [-0.15, -0.1) is 0 Å². The van der Waals surface area contributed by atoms with Crippen LogP contribution in [0, 0.1) is 13.8 Å². The molecule has 2 aromatic heterocycles. The molecular formula is C25H22N2O3S. The summed E-state index contributed by atoms with van der Waals surface area (Å²) in [5.74, 6) is 0.780. The van der Waals surface area contributed by atoms with Crippen LogP contribution in [0.4, 0.5) is 0 Å². The van der Waals surface area contributed by atoms with Crippen LogP contribution in [-0.2, 0) is 16.4 Å². The molecule has 5 nitrogen and oxygen atoms in total. The first-order valence-corrected chi connectivity index (χ1v) is 12.0. The molecule has 0 radical (unpaired) electrons. The van der Waals surface area contributed by atoms with Crippen LogP contribution in [0.15, 0.2) is 76.1 Å². The van der Waals surface area contributed by atoms with Crippen molar-refractivity contribution in [3.05, 3.63) is 83.7 Å². The Morgan fingerprint density at radius 1 is 0.903 bits per heavy atom. The first kappa shape index (κ1) is 19.6. The van der Waals surface area contributed by atoms with Crippen LogP contribution in [0.3, 0.4) is 0 Å². The fraction of sp³-hybridized carbons (Fsp3) is 0.160. The molecule has 0 amide bonds. The molecule has 5 aromatic rings. The van der Waals surface area contributed by atoms with Crippen LogP contribution in [0.25, 0.3) is 32.9 Å². The van der Waals surface area contributed by atoms with Gasteiger partial charge >= 0.3 is 0 Å². The van der Waals surface area contributed by atoms with E-state index in [0.29, 0.717) is 11.4 Å². The molecule has 0 aliphatic carbocycles. The maximum atomic E-state index is 12.2. The standard InChI is InChI=1S/C25H22N2O3S/c1-16-25(17(2)30-26-16)19-9-11-21-22-14-20(31(3,28)29)10-12-23(22)27(24(21)13-19)15-18-7-5-4-6-8-18/h4-14H,15H2,1-3H3. The molecular weight excluding hydrogens is 408 g/mol. The summed E-state index contributed by atoms with van der Waals surface area (Å²) in [6, 6.07) is 21.9. The molecule has 0 bridgehead atoms. The lowest BCUT2D eigenvalue weighted by atomic mass is 10.0. The maximum absolute atomic E-state index is 12.2. The Bertz CT molecular complexity index is 1530. The minimum Gasteiger partial charge on any atom is -0.361 e. The van der Waals surface area contributed by atoms with Gasteiger partial charge in [0.1, 0.15) is 5.76 Å². The van der Waals surface area contributed by atoms with Crippen molar-refractivity contribution >= 4 is 31.6 Å². The maximum Gasteiger partial charge on any atom is 0.175 e. The molecule has 0 aliphatic heterocycles. The van der Waals surface area contributed by atoms with Crippen molar-refractivity contribution < 1.29 is 12.9 Å². The van der Waals surface area contributed by atoms with Crippen LogP contribution in [0.2, 0.25) is 0 Å². The zero-order valence-electron chi connectivity index (χ0n) is 17.6. The van der Waals surface area contributed by atoms with Crippen molar-refractivity contribution in [1.29, 1.82) is 0 Å². The predicted octanol–water partition coefficient (Wildman–Crippen LogP) is 5.52. The SMILES string of the molecule is Cc1noc(C)c1-c1ccc2c3cc(S(C)(=O)=O)ccc3n(Cc3ccccc3)c2c1.